The van der Waals surface area contributed by atoms with Crippen LogP contribution in [-0.2, 0) is 0 Å². The minimum atomic E-state index is 0.182. The predicted molar refractivity (Wildman–Crippen MR) is 78.1 cm³/mol. The van der Waals surface area contributed by atoms with Crippen molar-refractivity contribution in [3.63, 3.8) is 0 Å². The summed E-state index contributed by atoms with van der Waals surface area (Å²) in [4.78, 5) is 4.23. The van der Waals surface area contributed by atoms with Gasteiger partial charge in [-0.05, 0) is 19.9 Å². The molecule has 0 aromatic carbocycles. The van der Waals surface area contributed by atoms with Crippen LogP contribution < -0.4 is 5.32 Å². The van der Waals surface area contributed by atoms with Gasteiger partial charge < -0.3 is 9.84 Å². The Labute approximate surface area is 117 Å². The van der Waals surface area contributed by atoms with Gasteiger partial charge in [-0.2, -0.15) is 4.98 Å². The highest BCUT2D eigenvalue weighted by Crippen LogP contribution is 2.10. The van der Waals surface area contributed by atoms with Gasteiger partial charge in [0.15, 0.2) is 5.82 Å². The fourth-order valence-corrected chi connectivity index (χ4v) is 2.16. The maximum absolute atomic E-state index is 4.98. The van der Waals surface area contributed by atoms with Crippen LogP contribution in [0.1, 0.15) is 83.0 Å². The van der Waals surface area contributed by atoms with E-state index in [1.807, 2.05) is 6.92 Å². The number of unbranched alkanes of at least 4 members (excludes halogenated alkanes) is 7. The lowest BCUT2D eigenvalue weighted by molar-refractivity contribution is 0.379. The van der Waals surface area contributed by atoms with Crippen molar-refractivity contribution >= 4 is 0 Å². The van der Waals surface area contributed by atoms with Crippen LogP contribution in [0.25, 0.3) is 0 Å². The summed E-state index contributed by atoms with van der Waals surface area (Å²) in [6.07, 6.45) is 10.8. The molecule has 1 heterocycles. The smallest absolute Gasteiger partial charge is 0.223 e. The van der Waals surface area contributed by atoms with Crippen LogP contribution in [-0.4, -0.2) is 16.7 Å². The number of hydrogen-bond donors (Lipinski definition) is 1. The van der Waals surface area contributed by atoms with Crippen LogP contribution in [0.4, 0.5) is 0 Å². The summed E-state index contributed by atoms with van der Waals surface area (Å²) in [5, 5.41) is 7.36. The molecule has 4 heteroatoms. The zero-order chi connectivity index (χ0) is 13.9. The first-order valence-electron chi connectivity index (χ1n) is 7.77. The second-order valence-corrected chi connectivity index (χ2v) is 5.32. The van der Waals surface area contributed by atoms with Gasteiger partial charge in [-0.3, -0.25) is 0 Å². The number of hydrogen-bond acceptors (Lipinski definition) is 4. The normalized spacial score (nSPS) is 12.8. The molecule has 19 heavy (non-hydrogen) atoms. The molecule has 0 spiro atoms. The minimum absolute atomic E-state index is 0.182. The summed E-state index contributed by atoms with van der Waals surface area (Å²) >= 11 is 0. The van der Waals surface area contributed by atoms with Crippen LogP contribution in [0.15, 0.2) is 4.52 Å². The number of rotatable bonds is 11. The van der Waals surface area contributed by atoms with Gasteiger partial charge in [0.25, 0.3) is 0 Å². The average Bonchev–Trinajstić information content (AvgIpc) is 2.83. The first-order chi connectivity index (χ1) is 9.24. The molecule has 1 atom stereocenters. The van der Waals surface area contributed by atoms with E-state index in [9.17, 15) is 0 Å². The van der Waals surface area contributed by atoms with Gasteiger partial charge in [-0.25, -0.2) is 0 Å². The quantitative estimate of drug-likeness (QED) is 0.611. The number of aromatic nitrogens is 2. The van der Waals surface area contributed by atoms with E-state index in [1.165, 1.54) is 51.4 Å². The van der Waals surface area contributed by atoms with Gasteiger partial charge in [-0.15, -0.1) is 0 Å². The molecule has 1 aromatic rings. The molecule has 110 valence electrons. The maximum atomic E-state index is 4.98. The van der Waals surface area contributed by atoms with Crippen molar-refractivity contribution in [1.29, 1.82) is 0 Å². The third-order valence-electron chi connectivity index (χ3n) is 3.41. The summed E-state index contributed by atoms with van der Waals surface area (Å²) in [6, 6.07) is 0.182. The zero-order valence-electron chi connectivity index (χ0n) is 12.7. The Balaban J connectivity index is 1.93. The van der Waals surface area contributed by atoms with E-state index < -0.39 is 0 Å². The Kier molecular flexibility index (Phi) is 8.47. The standard InChI is InChI=1S/C15H29N3O/c1-4-5-6-7-8-9-10-11-12-16-13(2)15-17-14(3)19-18-15/h13,16H,4-12H2,1-3H3. The van der Waals surface area contributed by atoms with E-state index in [1.54, 1.807) is 0 Å². The van der Waals surface area contributed by atoms with E-state index >= 15 is 0 Å². The van der Waals surface area contributed by atoms with E-state index in [4.69, 9.17) is 4.52 Å². The summed E-state index contributed by atoms with van der Waals surface area (Å²) in [5.74, 6) is 1.40. The Bertz CT molecular complexity index is 325. The summed E-state index contributed by atoms with van der Waals surface area (Å²) in [7, 11) is 0. The highest BCUT2D eigenvalue weighted by atomic mass is 16.5. The van der Waals surface area contributed by atoms with Crippen molar-refractivity contribution in [1.82, 2.24) is 15.5 Å². The number of nitrogens with zero attached hydrogens (tertiary/aromatic N) is 2. The van der Waals surface area contributed by atoms with Crippen molar-refractivity contribution in [3.8, 4) is 0 Å². The Morgan fingerprint density at radius 3 is 2.26 bits per heavy atom. The van der Waals surface area contributed by atoms with Gasteiger partial charge in [0.05, 0.1) is 6.04 Å². The minimum Gasteiger partial charge on any atom is -0.340 e. The Morgan fingerprint density at radius 1 is 1.05 bits per heavy atom. The van der Waals surface area contributed by atoms with Crippen LogP contribution in [0.3, 0.4) is 0 Å². The molecule has 0 bridgehead atoms. The SMILES string of the molecule is CCCCCCCCCCNC(C)c1noc(C)n1. The second-order valence-electron chi connectivity index (χ2n) is 5.32. The monoisotopic (exact) mass is 267 g/mol. The molecule has 1 rings (SSSR count). The fraction of sp³-hybridized carbons (Fsp3) is 0.867. The molecule has 0 aliphatic carbocycles. The molecule has 0 saturated carbocycles. The molecule has 1 unspecified atom stereocenters. The number of aryl methyl sites for hydroxylation is 1. The van der Waals surface area contributed by atoms with Crippen molar-refractivity contribution in [3.05, 3.63) is 11.7 Å². The summed E-state index contributed by atoms with van der Waals surface area (Å²) < 4.78 is 4.98. The summed E-state index contributed by atoms with van der Waals surface area (Å²) in [6.45, 7) is 7.19. The lowest BCUT2D eigenvalue weighted by Crippen LogP contribution is -2.20. The van der Waals surface area contributed by atoms with Crippen LogP contribution in [0, 0.1) is 6.92 Å². The van der Waals surface area contributed by atoms with Crippen molar-refractivity contribution in [2.24, 2.45) is 0 Å². The van der Waals surface area contributed by atoms with Crippen LogP contribution in [0.5, 0.6) is 0 Å². The van der Waals surface area contributed by atoms with Gasteiger partial charge in [0.1, 0.15) is 0 Å². The second kappa shape index (κ2) is 9.96. The van der Waals surface area contributed by atoms with E-state index in [0.717, 1.165) is 12.4 Å². The van der Waals surface area contributed by atoms with E-state index in [-0.39, 0.29) is 6.04 Å². The Hall–Kier alpha value is -0.900. The van der Waals surface area contributed by atoms with E-state index in [2.05, 4.69) is 29.3 Å². The van der Waals surface area contributed by atoms with Crippen molar-refractivity contribution in [2.75, 3.05) is 6.54 Å². The molecule has 0 aliphatic heterocycles. The third kappa shape index (κ3) is 7.31. The molecule has 1 N–H and O–H groups in total. The van der Waals surface area contributed by atoms with Gasteiger partial charge in [0, 0.05) is 6.92 Å². The molecule has 0 radical (unpaired) electrons. The summed E-state index contributed by atoms with van der Waals surface area (Å²) in [5.41, 5.74) is 0. The van der Waals surface area contributed by atoms with Gasteiger partial charge >= 0.3 is 0 Å². The zero-order valence-corrected chi connectivity index (χ0v) is 12.7. The fourth-order valence-electron chi connectivity index (χ4n) is 2.16. The highest BCUT2D eigenvalue weighted by molar-refractivity contribution is 4.90. The number of nitrogens with one attached hydrogen (secondary N) is 1. The lowest BCUT2D eigenvalue weighted by atomic mass is 10.1. The van der Waals surface area contributed by atoms with Crippen molar-refractivity contribution < 1.29 is 4.52 Å². The van der Waals surface area contributed by atoms with E-state index in [0.29, 0.717) is 5.89 Å². The molecule has 0 fully saturated rings. The highest BCUT2D eigenvalue weighted by Gasteiger charge is 2.10. The molecular weight excluding hydrogens is 238 g/mol. The predicted octanol–water partition coefficient (Wildman–Crippen LogP) is 4.17. The largest absolute Gasteiger partial charge is 0.340 e. The Morgan fingerprint density at radius 2 is 1.68 bits per heavy atom. The topological polar surface area (TPSA) is 51.0 Å². The van der Waals surface area contributed by atoms with Gasteiger partial charge in [0.2, 0.25) is 5.89 Å². The average molecular weight is 267 g/mol. The third-order valence-corrected chi connectivity index (χ3v) is 3.41. The lowest BCUT2D eigenvalue weighted by Gasteiger charge is -2.09. The first kappa shape index (κ1) is 16.2. The molecule has 0 saturated heterocycles. The molecule has 0 aliphatic rings. The van der Waals surface area contributed by atoms with Crippen molar-refractivity contribution in [2.45, 2.75) is 78.2 Å². The molecular formula is C15H29N3O. The molecule has 0 amide bonds. The first-order valence-corrected chi connectivity index (χ1v) is 7.77. The van der Waals surface area contributed by atoms with Gasteiger partial charge in [-0.1, -0.05) is 57.0 Å². The van der Waals surface area contributed by atoms with Crippen LogP contribution in [0.2, 0.25) is 0 Å². The molecule has 4 nitrogen and oxygen atoms in total. The van der Waals surface area contributed by atoms with Crippen LogP contribution >= 0.6 is 0 Å². The molecule has 1 aromatic heterocycles. The maximum Gasteiger partial charge on any atom is 0.223 e.